The van der Waals surface area contributed by atoms with Crippen LogP contribution >= 0.6 is 0 Å². The van der Waals surface area contributed by atoms with Gasteiger partial charge in [0.15, 0.2) is 8.32 Å². The third-order valence-corrected chi connectivity index (χ3v) is 12.7. The first kappa shape index (κ1) is 28.7. The zero-order valence-electron chi connectivity index (χ0n) is 22.5. The third kappa shape index (κ3) is 7.36. The first-order valence-corrected chi connectivity index (χ1v) is 18.4. The summed E-state index contributed by atoms with van der Waals surface area (Å²) in [5.74, 6) is 13.7. The topological polar surface area (TPSA) is 29.5 Å². The standard InChI is InChI=1S/C28H46O2Si2/c1-23(18-21-29)15-16-25-14-13-19-28(27(25,6)7,30-32(11,12)26(3,4)5)20-17-24(2)22-31(8,9)10/h14,18,29H,2,13,19,21-22H2,1,3-12H3/b23-18-. The number of hydrogen-bond donors (Lipinski definition) is 1. The molecule has 0 radical (unpaired) electrons. The molecule has 4 heteroatoms. The second-order valence-corrected chi connectivity index (χ2v) is 22.6. The second-order valence-electron chi connectivity index (χ2n) is 12.4. The molecule has 32 heavy (non-hydrogen) atoms. The lowest BCUT2D eigenvalue weighted by atomic mass is 9.64. The van der Waals surface area contributed by atoms with E-state index in [0.717, 1.165) is 35.6 Å². The fourth-order valence-corrected chi connectivity index (χ4v) is 6.61. The molecule has 1 atom stereocenters. The van der Waals surface area contributed by atoms with Crippen molar-refractivity contribution in [2.75, 3.05) is 6.61 Å². The normalized spacial score (nSPS) is 21.6. The van der Waals surface area contributed by atoms with Gasteiger partial charge in [-0.3, -0.25) is 0 Å². The maximum Gasteiger partial charge on any atom is 0.194 e. The first-order chi connectivity index (χ1) is 14.4. The van der Waals surface area contributed by atoms with Gasteiger partial charge in [-0.25, -0.2) is 0 Å². The van der Waals surface area contributed by atoms with Crippen molar-refractivity contribution in [3.8, 4) is 23.7 Å². The Hall–Kier alpha value is -1.31. The average molecular weight is 471 g/mol. The molecule has 178 valence electrons. The van der Waals surface area contributed by atoms with Gasteiger partial charge in [-0.15, -0.1) is 0 Å². The molecule has 0 bridgehead atoms. The smallest absolute Gasteiger partial charge is 0.194 e. The van der Waals surface area contributed by atoms with E-state index in [0.29, 0.717) is 0 Å². The summed E-state index contributed by atoms with van der Waals surface area (Å²) in [6, 6.07) is 1.00. The van der Waals surface area contributed by atoms with Gasteiger partial charge >= 0.3 is 0 Å². The van der Waals surface area contributed by atoms with Crippen molar-refractivity contribution >= 4 is 16.4 Å². The Morgan fingerprint density at radius 3 is 2.28 bits per heavy atom. The molecule has 0 aromatic heterocycles. The van der Waals surface area contributed by atoms with Crippen LogP contribution in [0.3, 0.4) is 0 Å². The Labute approximate surface area is 200 Å². The Morgan fingerprint density at radius 2 is 1.78 bits per heavy atom. The summed E-state index contributed by atoms with van der Waals surface area (Å²) in [5, 5.41) is 9.25. The van der Waals surface area contributed by atoms with Gasteiger partial charge in [0, 0.05) is 19.1 Å². The second kappa shape index (κ2) is 10.3. The van der Waals surface area contributed by atoms with Gasteiger partial charge < -0.3 is 9.53 Å². The molecule has 0 aromatic rings. The van der Waals surface area contributed by atoms with Crippen LogP contribution in [0.5, 0.6) is 0 Å². The number of rotatable bonds is 5. The third-order valence-electron chi connectivity index (χ3n) is 6.74. The molecule has 1 aliphatic carbocycles. The van der Waals surface area contributed by atoms with Gasteiger partial charge in [0.1, 0.15) is 5.60 Å². The highest BCUT2D eigenvalue weighted by molar-refractivity contribution is 6.76. The molecule has 0 amide bonds. The highest BCUT2D eigenvalue weighted by atomic mass is 28.4. The Kier molecular flexibility index (Phi) is 9.26. The van der Waals surface area contributed by atoms with E-state index in [4.69, 9.17) is 9.53 Å². The quantitative estimate of drug-likeness (QED) is 0.336. The van der Waals surface area contributed by atoms with Gasteiger partial charge in [0.05, 0.1) is 6.61 Å². The molecule has 0 spiro atoms. The Bertz CT molecular complexity index is 884. The SMILES string of the molecule is C=C(C#CC1(O[Si](C)(C)C(C)(C)C)CCC=C(C#C/C(C)=C\CO)C1(C)C)C[Si](C)(C)C. The summed E-state index contributed by atoms with van der Waals surface area (Å²) in [4.78, 5) is 0. The molecule has 0 aromatic carbocycles. The molecular formula is C28H46O2Si2. The first-order valence-electron chi connectivity index (χ1n) is 11.8. The summed E-state index contributed by atoms with van der Waals surface area (Å²) in [6.45, 7) is 29.2. The summed E-state index contributed by atoms with van der Waals surface area (Å²) >= 11 is 0. The lowest BCUT2D eigenvalue weighted by Crippen LogP contribution is -2.57. The van der Waals surface area contributed by atoms with Gasteiger partial charge in [0.25, 0.3) is 0 Å². The van der Waals surface area contributed by atoms with Crippen LogP contribution in [0.1, 0.15) is 54.4 Å². The van der Waals surface area contributed by atoms with Crippen molar-refractivity contribution in [2.45, 2.75) is 104 Å². The number of aliphatic hydroxyl groups excluding tert-OH is 1. The van der Waals surface area contributed by atoms with Crippen molar-refractivity contribution in [3.63, 3.8) is 0 Å². The van der Waals surface area contributed by atoms with Crippen LogP contribution in [0.25, 0.3) is 0 Å². The highest BCUT2D eigenvalue weighted by Crippen LogP contribution is 2.51. The lowest BCUT2D eigenvalue weighted by molar-refractivity contribution is 0.00758. The summed E-state index contributed by atoms with van der Waals surface area (Å²) < 4.78 is 7.18. The molecule has 0 saturated heterocycles. The summed E-state index contributed by atoms with van der Waals surface area (Å²) in [5.41, 5.74) is 1.99. The molecule has 1 rings (SSSR count). The Morgan fingerprint density at radius 1 is 1.19 bits per heavy atom. The van der Waals surface area contributed by atoms with Gasteiger partial charge in [-0.1, -0.05) is 90.6 Å². The van der Waals surface area contributed by atoms with E-state index in [2.05, 4.69) is 104 Å². The molecule has 2 nitrogen and oxygen atoms in total. The minimum absolute atomic E-state index is 0.00600. The van der Waals surface area contributed by atoms with Crippen LogP contribution in [0.2, 0.25) is 43.8 Å². The number of hydrogen-bond acceptors (Lipinski definition) is 2. The lowest BCUT2D eigenvalue weighted by Gasteiger charge is -2.52. The van der Waals surface area contributed by atoms with E-state index < -0.39 is 22.0 Å². The minimum Gasteiger partial charge on any atom is -0.400 e. The minimum atomic E-state index is -2.10. The van der Waals surface area contributed by atoms with Crippen LogP contribution in [-0.2, 0) is 4.43 Å². The molecule has 0 fully saturated rings. The van der Waals surface area contributed by atoms with Gasteiger partial charge in [-0.05, 0) is 61.2 Å². The molecule has 1 unspecified atom stereocenters. The van der Waals surface area contributed by atoms with E-state index >= 15 is 0 Å². The maximum absolute atomic E-state index is 9.17. The fourth-order valence-electron chi connectivity index (χ4n) is 3.65. The largest absolute Gasteiger partial charge is 0.400 e. The predicted molar refractivity (Wildman–Crippen MR) is 146 cm³/mol. The van der Waals surface area contributed by atoms with Crippen LogP contribution in [0.4, 0.5) is 0 Å². The van der Waals surface area contributed by atoms with Crippen molar-refractivity contribution < 1.29 is 9.53 Å². The zero-order valence-corrected chi connectivity index (χ0v) is 24.5. The van der Waals surface area contributed by atoms with Crippen molar-refractivity contribution in [1.29, 1.82) is 0 Å². The number of allylic oxidation sites excluding steroid dienone is 3. The number of aliphatic hydroxyl groups is 1. The molecular weight excluding hydrogens is 424 g/mol. The zero-order chi connectivity index (χ0) is 25.0. The van der Waals surface area contributed by atoms with Crippen LogP contribution in [-0.4, -0.2) is 33.7 Å². The van der Waals surface area contributed by atoms with E-state index in [-0.39, 0.29) is 17.1 Å². The van der Waals surface area contributed by atoms with Crippen LogP contribution in [0, 0.1) is 29.1 Å². The Balaban J connectivity index is 3.58. The maximum atomic E-state index is 9.17. The van der Waals surface area contributed by atoms with Gasteiger partial charge in [-0.2, -0.15) is 0 Å². The van der Waals surface area contributed by atoms with E-state index in [1.165, 1.54) is 0 Å². The van der Waals surface area contributed by atoms with E-state index in [1.54, 1.807) is 6.08 Å². The molecule has 0 heterocycles. The monoisotopic (exact) mass is 470 g/mol. The van der Waals surface area contributed by atoms with E-state index in [1.807, 2.05) is 6.92 Å². The van der Waals surface area contributed by atoms with Crippen molar-refractivity contribution in [2.24, 2.45) is 5.41 Å². The van der Waals surface area contributed by atoms with Crippen molar-refractivity contribution in [1.82, 2.24) is 0 Å². The molecule has 1 N–H and O–H groups in total. The summed E-state index contributed by atoms with van der Waals surface area (Å²) in [7, 11) is -3.39. The predicted octanol–water partition coefficient (Wildman–Crippen LogP) is 7.33. The average Bonchev–Trinajstić information content (AvgIpc) is 2.58. The molecule has 1 aliphatic rings. The van der Waals surface area contributed by atoms with E-state index in [9.17, 15) is 0 Å². The van der Waals surface area contributed by atoms with Crippen LogP contribution < -0.4 is 0 Å². The molecule has 0 aliphatic heterocycles. The molecule has 0 saturated carbocycles. The van der Waals surface area contributed by atoms with Gasteiger partial charge in [0.2, 0.25) is 0 Å². The van der Waals surface area contributed by atoms with Crippen LogP contribution in [0.15, 0.2) is 35.5 Å². The summed E-state index contributed by atoms with van der Waals surface area (Å²) in [6.07, 6.45) is 5.73. The van der Waals surface area contributed by atoms with Crippen molar-refractivity contribution in [3.05, 3.63) is 35.5 Å². The fraction of sp³-hybridized carbons (Fsp3) is 0.643. The highest BCUT2D eigenvalue weighted by Gasteiger charge is 2.53.